The van der Waals surface area contributed by atoms with Crippen LogP contribution < -0.4 is 14.8 Å². The molecule has 7 nitrogen and oxygen atoms in total. The molecule has 0 bridgehead atoms. The van der Waals surface area contributed by atoms with E-state index in [1.54, 1.807) is 0 Å². The molecule has 0 unspecified atom stereocenters. The Bertz CT molecular complexity index is 900. The second-order valence-corrected chi connectivity index (χ2v) is 6.65. The Morgan fingerprint density at radius 1 is 1.41 bits per heavy atom. The van der Waals surface area contributed by atoms with E-state index in [9.17, 15) is 14.9 Å². The molecule has 1 heterocycles. The maximum atomic E-state index is 12.4. The number of nitrogens with zero attached hydrogens (tertiary/aromatic N) is 1. The van der Waals surface area contributed by atoms with Crippen LogP contribution >= 0.6 is 11.6 Å². The Morgan fingerprint density at radius 3 is 2.89 bits per heavy atom. The average molecular weight is 391 g/mol. The molecule has 0 radical (unpaired) electrons. The zero-order valence-corrected chi connectivity index (χ0v) is 15.7. The first kappa shape index (κ1) is 19.0. The first-order valence-corrected chi connectivity index (χ1v) is 8.94. The fourth-order valence-corrected chi connectivity index (χ4v) is 3.17. The second-order valence-electron chi connectivity index (χ2n) is 6.24. The van der Waals surface area contributed by atoms with Gasteiger partial charge in [0.25, 0.3) is 11.6 Å². The summed E-state index contributed by atoms with van der Waals surface area (Å²) >= 11 is 5.79. The predicted molar refractivity (Wildman–Crippen MR) is 101 cm³/mol. The molecule has 1 N–H and O–H groups in total. The molecule has 1 aliphatic rings. The second kappa shape index (κ2) is 7.84. The van der Waals surface area contributed by atoms with E-state index in [-0.39, 0.29) is 28.9 Å². The Balaban J connectivity index is 1.78. The van der Waals surface area contributed by atoms with Gasteiger partial charge in [0, 0.05) is 35.7 Å². The molecule has 3 rings (SSSR count). The summed E-state index contributed by atoms with van der Waals surface area (Å²) in [5.41, 5.74) is 1.71. The number of hydrogen-bond acceptors (Lipinski definition) is 5. The van der Waals surface area contributed by atoms with Crippen molar-refractivity contribution in [1.82, 2.24) is 5.32 Å². The van der Waals surface area contributed by atoms with Crippen molar-refractivity contribution in [3.05, 3.63) is 62.2 Å². The molecule has 0 spiro atoms. The van der Waals surface area contributed by atoms with Crippen molar-refractivity contribution >= 4 is 23.2 Å². The molecule has 142 valence electrons. The van der Waals surface area contributed by atoms with Crippen molar-refractivity contribution in [2.24, 2.45) is 0 Å². The van der Waals surface area contributed by atoms with Gasteiger partial charge in [-0.05, 0) is 38.1 Å². The van der Waals surface area contributed by atoms with Gasteiger partial charge >= 0.3 is 0 Å². The highest BCUT2D eigenvalue weighted by molar-refractivity contribution is 6.32. The number of hydrogen-bond donors (Lipinski definition) is 1. The summed E-state index contributed by atoms with van der Waals surface area (Å²) in [5.74, 6) is 1.04. The van der Waals surface area contributed by atoms with Crippen LogP contribution in [0.4, 0.5) is 5.69 Å². The summed E-state index contributed by atoms with van der Waals surface area (Å²) in [5, 5.41) is 13.7. The van der Waals surface area contributed by atoms with Crippen LogP contribution in [0.1, 0.15) is 35.3 Å². The van der Waals surface area contributed by atoms with E-state index in [0.717, 1.165) is 29.4 Å². The molecule has 27 heavy (non-hydrogen) atoms. The van der Waals surface area contributed by atoms with Crippen LogP contribution in [-0.2, 0) is 13.0 Å². The first-order chi connectivity index (χ1) is 12.9. The Morgan fingerprint density at radius 2 is 2.19 bits per heavy atom. The number of rotatable bonds is 6. The number of amides is 1. The van der Waals surface area contributed by atoms with Crippen LogP contribution in [-0.4, -0.2) is 23.5 Å². The highest BCUT2D eigenvalue weighted by Crippen LogP contribution is 2.35. The van der Waals surface area contributed by atoms with Crippen LogP contribution in [0.25, 0.3) is 0 Å². The summed E-state index contributed by atoms with van der Waals surface area (Å²) in [6.45, 7) is 4.59. The number of nitro groups is 1. The lowest BCUT2D eigenvalue weighted by molar-refractivity contribution is -0.384. The van der Waals surface area contributed by atoms with Gasteiger partial charge in [-0.25, -0.2) is 0 Å². The highest BCUT2D eigenvalue weighted by Gasteiger charge is 2.22. The van der Waals surface area contributed by atoms with Crippen LogP contribution in [0.2, 0.25) is 5.02 Å². The molecular formula is C19H19ClN2O5. The van der Waals surface area contributed by atoms with Crippen molar-refractivity contribution in [3.63, 3.8) is 0 Å². The standard InChI is InChI=1S/C19H19ClN2O5/c1-3-26-17-8-13-6-11(2)27-18(13)9-14(17)10-21-19(23)12-4-5-15(20)16(7-12)22(24)25/h4-5,7-9,11H,3,6,10H2,1-2H3,(H,21,23)/t11-/m1/s1. The quantitative estimate of drug-likeness (QED) is 0.596. The summed E-state index contributed by atoms with van der Waals surface area (Å²) in [6.07, 6.45) is 0.921. The number of carbonyl (C=O) groups is 1. The van der Waals surface area contributed by atoms with Crippen LogP contribution in [0.3, 0.4) is 0 Å². The van der Waals surface area contributed by atoms with Gasteiger partial charge in [0.2, 0.25) is 0 Å². The summed E-state index contributed by atoms with van der Waals surface area (Å²) < 4.78 is 11.5. The third-order valence-electron chi connectivity index (χ3n) is 4.22. The van der Waals surface area contributed by atoms with E-state index in [2.05, 4.69) is 5.32 Å². The molecule has 1 aliphatic heterocycles. The zero-order valence-electron chi connectivity index (χ0n) is 15.0. The number of nitro benzene ring substituents is 1. The fourth-order valence-electron chi connectivity index (χ4n) is 2.98. The van der Waals surface area contributed by atoms with Crippen molar-refractivity contribution in [3.8, 4) is 11.5 Å². The minimum absolute atomic E-state index is 0.0138. The number of nitrogens with one attached hydrogen (secondary N) is 1. The van der Waals surface area contributed by atoms with E-state index in [0.29, 0.717) is 12.4 Å². The fraction of sp³-hybridized carbons (Fsp3) is 0.316. The molecule has 0 aliphatic carbocycles. The summed E-state index contributed by atoms with van der Waals surface area (Å²) in [7, 11) is 0. The van der Waals surface area contributed by atoms with Gasteiger partial charge in [-0.15, -0.1) is 0 Å². The monoisotopic (exact) mass is 390 g/mol. The van der Waals surface area contributed by atoms with Crippen LogP contribution in [0.15, 0.2) is 30.3 Å². The number of halogens is 1. The lowest BCUT2D eigenvalue weighted by atomic mass is 10.1. The normalized spacial score (nSPS) is 15.0. The molecule has 1 amide bonds. The van der Waals surface area contributed by atoms with E-state index in [4.69, 9.17) is 21.1 Å². The SMILES string of the molecule is CCOc1cc2c(cc1CNC(=O)c1ccc(Cl)c([N+](=O)[O-])c1)O[C@H](C)C2. The molecule has 0 fully saturated rings. The van der Waals surface area contributed by atoms with Crippen molar-refractivity contribution in [2.75, 3.05) is 6.61 Å². The number of carbonyl (C=O) groups excluding carboxylic acids is 1. The average Bonchev–Trinajstić information content (AvgIpc) is 2.98. The van der Waals surface area contributed by atoms with E-state index >= 15 is 0 Å². The van der Waals surface area contributed by atoms with Gasteiger partial charge in [-0.1, -0.05) is 11.6 Å². The zero-order chi connectivity index (χ0) is 19.6. The Kier molecular flexibility index (Phi) is 5.51. The first-order valence-electron chi connectivity index (χ1n) is 8.56. The molecule has 0 aromatic heterocycles. The van der Waals surface area contributed by atoms with Crippen molar-refractivity contribution in [1.29, 1.82) is 0 Å². The van der Waals surface area contributed by atoms with Gasteiger partial charge in [-0.3, -0.25) is 14.9 Å². The van der Waals surface area contributed by atoms with Gasteiger partial charge in [-0.2, -0.15) is 0 Å². The Labute approximate surface area is 161 Å². The number of ether oxygens (including phenoxy) is 2. The predicted octanol–water partition coefficient (Wildman–Crippen LogP) is 3.90. The van der Waals surface area contributed by atoms with E-state index < -0.39 is 10.8 Å². The Hall–Kier alpha value is -2.80. The van der Waals surface area contributed by atoms with Crippen molar-refractivity contribution < 1.29 is 19.2 Å². The third-order valence-corrected chi connectivity index (χ3v) is 4.54. The number of fused-ring (bicyclic) bond motifs is 1. The molecule has 8 heteroatoms. The van der Waals surface area contributed by atoms with Gasteiger partial charge < -0.3 is 14.8 Å². The maximum absolute atomic E-state index is 12.4. The summed E-state index contributed by atoms with van der Waals surface area (Å²) in [4.78, 5) is 22.8. The molecule has 0 saturated carbocycles. The smallest absolute Gasteiger partial charge is 0.288 e. The van der Waals surface area contributed by atoms with E-state index in [1.165, 1.54) is 12.1 Å². The topological polar surface area (TPSA) is 90.7 Å². The molecule has 2 aromatic rings. The van der Waals surface area contributed by atoms with Crippen LogP contribution in [0, 0.1) is 10.1 Å². The minimum atomic E-state index is -0.620. The van der Waals surface area contributed by atoms with Crippen LogP contribution in [0.5, 0.6) is 11.5 Å². The van der Waals surface area contributed by atoms with Crippen molar-refractivity contribution in [2.45, 2.75) is 32.9 Å². The number of benzene rings is 2. The van der Waals surface area contributed by atoms with E-state index in [1.807, 2.05) is 26.0 Å². The lowest BCUT2D eigenvalue weighted by Gasteiger charge is -2.13. The largest absolute Gasteiger partial charge is 0.494 e. The van der Waals surface area contributed by atoms with Gasteiger partial charge in [0.1, 0.15) is 22.6 Å². The third kappa shape index (κ3) is 4.14. The van der Waals surface area contributed by atoms with Gasteiger partial charge in [0.15, 0.2) is 0 Å². The molecule has 1 atom stereocenters. The highest BCUT2D eigenvalue weighted by atomic mass is 35.5. The van der Waals surface area contributed by atoms with Gasteiger partial charge in [0.05, 0.1) is 11.5 Å². The molecule has 0 saturated heterocycles. The minimum Gasteiger partial charge on any atom is -0.494 e. The lowest BCUT2D eigenvalue weighted by Crippen LogP contribution is -2.23. The maximum Gasteiger partial charge on any atom is 0.288 e. The summed E-state index contributed by atoms with van der Waals surface area (Å²) in [6, 6.07) is 7.76. The molecule has 2 aromatic carbocycles. The molecular weight excluding hydrogens is 372 g/mol.